The average Bonchev–Trinajstić information content (AvgIpc) is 2.69. The summed E-state index contributed by atoms with van der Waals surface area (Å²) in [6.45, 7) is 5.44. The van der Waals surface area contributed by atoms with E-state index in [4.69, 9.17) is 51.1 Å². The van der Waals surface area contributed by atoms with Gasteiger partial charge >= 0.3 is 0 Å². The van der Waals surface area contributed by atoms with Crippen molar-refractivity contribution in [3.63, 3.8) is 0 Å². The summed E-state index contributed by atoms with van der Waals surface area (Å²) in [5.41, 5.74) is 0.739. The van der Waals surface area contributed by atoms with E-state index < -0.39 is 6.04 Å². The molecule has 5 nitrogen and oxygen atoms in total. The first kappa shape index (κ1) is 25.6. The van der Waals surface area contributed by atoms with Crippen LogP contribution in [0.2, 0.25) is 20.1 Å². The fourth-order valence-electron chi connectivity index (χ4n) is 2.95. The number of ether oxygens (including phenoxy) is 1. The number of hydrogen-bond donors (Lipinski definition) is 1. The minimum Gasteiger partial charge on any atom is -0.482 e. The molecule has 31 heavy (non-hydrogen) atoms. The lowest BCUT2D eigenvalue weighted by atomic mass is 10.1. The normalized spacial score (nSPS) is 11.9. The van der Waals surface area contributed by atoms with Crippen LogP contribution in [-0.2, 0) is 16.1 Å². The minimum atomic E-state index is -0.686. The highest BCUT2D eigenvalue weighted by molar-refractivity contribution is 6.42. The number of hydrogen-bond acceptors (Lipinski definition) is 3. The lowest BCUT2D eigenvalue weighted by Crippen LogP contribution is -2.51. The second-order valence-corrected chi connectivity index (χ2v) is 8.88. The molecule has 168 valence electrons. The number of nitrogens with zero attached hydrogens (tertiary/aromatic N) is 1. The molecule has 0 heterocycles. The Labute approximate surface area is 202 Å². The van der Waals surface area contributed by atoms with E-state index in [0.717, 1.165) is 5.56 Å². The zero-order valence-corrected chi connectivity index (χ0v) is 20.4. The van der Waals surface area contributed by atoms with Crippen molar-refractivity contribution >= 4 is 58.2 Å². The zero-order valence-electron chi connectivity index (χ0n) is 17.4. The lowest BCUT2D eigenvalue weighted by Gasteiger charge is -2.31. The molecule has 2 aromatic rings. The average molecular weight is 506 g/mol. The fraction of sp³-hybridized carbons (Fsp3) is 0.364. The van der Waals surface area contributed by atoms with Crippen molar-refractivity contribution in [2.24, 2.45) is 0 Å². The molecule has 9 heteroatoms. The standard InChI is InChI=1S/C22H24Cl4N2O3/c1-4-19(22(30)27-13(2)3)28(11-14-5-7-16(24)17(25)9-14)21(29)12-31-20-8-6-15(23)10-18(20)26/h5-10,13,19H,4,11-12H2,1-3H3,(H,27,30). The van der Waals surface area contributed by atoms with Gasteiger partial charge < -0.3 is 15.0 Å². The second kappa shape index (κ2) is 11.8. The maximum atomic E-state index is 13.1. The summed E-state index contributed by atoms with van der Waals surface area (Å²) in [4.78, 5) is 27.4. The molecular weight excluding hydrogens is 482 g/mol. The Kier molecular flexibility index (Phi) is 9.76. The van der Waals surface area contributed by atoms with Crippen LogP contribution in [0.25, 0.3) is 0 Å². The highest BCUT2D eigenvalue weighted by atomic mass is 35.5. The molecule has 1 N–H and O–H groups in total. The molecule has 2 rings (SSSR count). The highest BCUT2D eigenvalue weighted by Crippen LogP contribution is 2.28. The fourth-order valence-corrected chi connectivity index (χ4v) is 3.73. The highest BCUT2D eigenvalue weighted by Gasteiger charge is 2.29. The maximum Gasteiger partial charge on any atom is 0.261 e. The predicted octanol–water partition coefficient (Wildman–Crippen LogP) is 6.01. The van der Waals surface area contributed by atoms with Crippen LogP contribution in [-0.4, -0.2) is 35.4 Å². The molecule has 0 fully saturated rings. The van der Waals surface area contributed by atoms with Gasteiger partial charge in [-0.3, -0.25) is 9.59 Å². The zero-order chi connectivity index (χ0) is 23.1. The van der Waals surface area contributed by atoms with Gasteiger partial charge in [-0.1, -0.05) is 59.4 Å². The van der Waals surface area contributed by atoms with E-state index in [1.54, 1.807) is 30.3 Å². The van der Waals surface area contributed by atoms with Crippen molar-refractivity contribution in [1.82, 2.24) is 10.2 Å². The van der Waals surface area contributed by atoms with Crippen LogP contribution in [0.4, 0.5) is 0 Å². The Hall–Kier alpha value is -1.66. The molecule has 1 unspecified atom stereocenters. The Morgan fingerprint density at radius 2 is 1.71 bits per heavy atom. The second-order valence-electron chi connectivity index (χ2n) is 7.22. The van der Waals surface area contributed by atoms with Gasteiger partial charge in [0.15, 0.2) is 6.61 Å². The number of halogens is 4. The molecule has 0 radical (unpaired) electrons. The summed E-state index contributed by atoms with van der Waals surface area (Å²) in [7, 11) is 0. The maximum absolute atomic E-state index is 13.1. The lowest BCUT2D eigenvalue weighted by molar-refractivity contribution is -0.143. The first-order valence-electron chi connectivity index (χ1n) is 9.74. The summed E-state index contributed by atoms with van der Waals surface area (Å²) >= 11 is 24.2. The Morgan fingerprint density at radius 3 is 2.29 bits per heavy atom. The van der Waals surface area contributed by atoms with Crippen molar-refractivity contribution in [3.05, 3.63) is 62.1 Å². The molecule has 0 saturated carbocycles. The smallest absolute Gasteiger partial charge is 0.261 e. The van der Waals surface area contributed by atoms with E-state index in [0.29, 0.717) is 32.3 Å². The third-order valence-corrected chi connectivity index (χ3v) is 5.67. The van der Waals surface area contributed by atoms with Crippen LogP contribution >= 0.6 is 46.4 Å². The molecule has 0 spiro atoms. The minimum absolute atomic E-state index is 0.0624. The van der Waals surface area contributed by atoms with Crippen LogP contribution in [0.5, 0.6) is 5.75 Å². The Balaban J connectivity index is 2.26. The van der Waals surface area contributed by atoms with Crippen LogP contribution in [0.1, 0.15) is 32.8 Å². The summed E-state index contributed by atoms with van der Waals surface area (Å²) in [6.07, 6.45) is 0.424. The molecule has 0 saturated heterocycles. The monoisotopic (exact) mass is 504 g/mol. The van der Waals surface area contributed by atoms with Crippen molar-refractivity contribution < 1.29 is 14.3 Å². The van der Waals surface area contributed by atoms with Crippen molar-refractivity contribution in [2.45, 2.75) is 45.8 Å². The van der Waals surface area contributed by atoms with Gasteiger partial charge in [-0.2, -0.15) is 0 Å². The third kappa shape index (κ3) is 7.46. The topological polar surface area (TPSA) is 58.6 Å². The molecular formula is C22H24Cl4N2O3. The van der Waals surface area contributed by atoms with Crippen LogP contribution in [0, 0.1) is 0 Å². The molecule has 0 aromatic heterocycles. The van der Waals surface area contributed by atoms with Crippen molar-refractivity contribution in [2.75, 3.05) is 6.61 Å². The summed E-state index contributed by atoms with van der Waals surface area (Å²) < 4.78 is 5.61. The van der Waals surface area contributed by atoms with Crippen molar-refractivity contribution in [3.8, 4) is 5.75 Å². The van der Waals surface area contributed by atoms with Gasteiger partial charge in [-0.05, 0) is 56.2 Å². The molecule has 0 bridgehead atoms. The van der Waals surface area contributed by atoms with Gasteiger partial charge in [-0.15, -0.1) is 0 Å². The predicted molar refractivity (Wildman–Crippen MR) is 126 cm³/mol. The number of benzene rings is 2. The SMILES string of the molecule is CCC(C(=O)NC(C)C)N(Cc1ccc(Cl)c(Cl)c1)C(=O)COc1ccc(Cl)cc1Cl. The van der Waals surface area contributed by atoms with Gasteiger partial charge in [0.1, 0.15) is 11.8 Å². The first-order valence-corrected chi connectivity index (χ1v) is 11.2. The molecule has 2 amide bonds. The number of amides is 2. The van der Waals surface area contributed by atoms with E-state index in [1.807, 2.05) is 20.8 Å². The summed E-state index contributed by atoms with van der Waals surface area (Å²) in [5, 5.41) is 4.40. The van der Waals surface area contributed by atoms with E-state index in [-0.39, 0.29) is 31.0 Å². The van der Waals surface area contributed by atoms with Gasteiger partial charge in [0, 0.05) is 17.6 Å². The molecule has 1 atom stereocenters. The largest absolute Gasteiger partial charge is 0.482 e. The quantitative estimate of drug-likeness (QED) is 0.453. The van der Waals surface area contributed by atoms with E-state index in [1.165, 1.54) is 11.0 Å². The van der Waals surface area contributed by atoms with E-state index in [2.05, 4.69) is 5.32 Å². The number of nitrogens with one attached hydrogen (secondary N) is 1. The van der Waals surface area contributed by atoms with Crippen LogP contribution in [0.3, 0.4) is 0 Å². The van der Waals surface area contributed by atoms with Crippen molar-refractivity contribution in [1.29, 1.82) is 0 Å². The number of carbonyl (C=O) groups excluding carboxylic acids is 2. The van der Waals surface area contributed by atoms with E-state index in [9.17, 15) is 9.59 Å². The van der Waals surface area contributed by atoms with Gasteiger partial charge in [0.2, 0.25) is 5.91 Å². The van der Waals surface area contributed by atoms with Gasteiger partial charge in [0.25, 0.3) is 5.91 Å². The molecule has 0 aliphatic carbocycles. The number of rotatable bonds is 9. The van der Waals surface area contributed by atoms with Crippen LogP contribution in [0.15, 0.2) is 36.4 Å². The molecule has 0 aliphatic heterocycles. The first-order chi connectivity index (χ1) is 14.6. The third-order valence-electron chi connectivity index (χ3n) is 4.40. The van der Waals surface area contributed by atoms with Gasteiger partial charge in [0.05, 0.1) is 15.1 Å². The van der Waals surface area contributed by atoms with Gasteiger partial charge in [-0.25, -0.2) is 0 Å². The number of carbonyl (C=O) groups is 2. The van der Waals surface area contributed by atoms with E-state index >= 15 is 0 Å². The van der Waals surface area contributed by atoms with Crippen LogP contribution < -0.4 is 10.1 Å². The summed E-state index contributed by atoms with van der Waals surface area (Å²) in [6, 6.07) is 9.08. The Morgan fingerprint density at radius 1 is 1.00 bits per heavy atom. The molecule has 0 aliphatic rings. The summed E-state index contributed by atoms with van der Waals surface area (Å²) in [5.74, 6) is -0.285. The Bertz CT molecular complexity index is 937. The molecule has 2 aromatic carbocycles.